The van der Waals surface area contributed by atoms with E-state index in [0.717, 1.165) is 24.2 Å². The smallest absolute Gasteiger partial charge is 0.237 e. The lowest BCUT2D eigenvalue weighted by Gasteiger charge is -2.58. The van der Waals surface area contributed by atoms with Gasteiger partial charge in [-0.15, -0.1) is 0 Å². The Labute approximate surface area is 231 Å². The second-order valence-corrected chi connectivity index (χ2v) is 13.1. The van der Waals surface area contributed by atoms with Crippen LogP contribution >= 0.6 is 11.9 Å². The lowest BCUT2D eigenvalue weighted by atomic mass is 9.53. The molecule has 2 aromatic carbocycles. The third-order valence-corrected chi connectivity index (χ3v) is 9.59. The van der Waals surface area contributed by atoms with Gasteiger partial charge in [0, 0.05) is 35.2 Å². The normalized spacial score (nSPS) is 21.3. The van der Waals surface area contributed by atoms with Crippen LogP contribution in [0.25, 0.3) is 11.3 Å². The highest BCUT2D eigenvalue weighted by atomic mass is 32.2. The van der Waals surface area contributed by atoms with E-state index in [2.05, 4.69) is 79.8 Å². The lowest BCUT2D eigenvalue weighted by Crippen LogP contribution is -2.57. The van der Waals surface area contributed by atoms with E-state index < -0.39 is 0 Å². The van der Waals surface area contributed by atoms with Crippen molar-refractivity contribution in [3.8, 4) is 17.1 Å². The Kier molecular flexibility index (Phi) is 7.12. The van der Waals surface area contributed by atoms with Crippen LogP contribution in [0.5, 0.6) is 5.88 Å². The average Bonchev–Trinajstić information content (AvgIpc) is 2.83. The van der Waals surface area contributed by atoms with Gasteiger partial charge in [-0.3, -0.25) is 9.62 Å². The maximum absolute atomic E-state index is 6.57. The number of benzene rings is 2. The van der Waals surface area contributed by atoms with E-state index in [4.69, 9.17) is 14.7 Å². The maximum Gasteiger partial charge on any atom is 0.237 e. The molecule has 2 fully saturated rings. The minimum atomic E-state index is 0.338. The highest BCUT2D eigenvalue weighted by Gasteiger charge is 2.50. The summed E-state index contributed by atoms with van der Waals surface area (Å²) in [6, 6.07) is 18.3. The number of ether oxygens (including phenoxy) is 1. The van der Waals surface area contributed by atoms with Gasteiger partial charge in [0.25, 0.3) is 0 Å². The zero-order valence-electron chi connectivity index (χ0n) is 23.2. The van der Waals surface area contributed by atoms with Crippen LogP contribution in [0, 0.1) is 25.2 Å². The molecule has 38 heavy (non-hydrogen) atoms. The molecule has 2 heterocycles. The molecular formula is C32H40N4OS. The summed E-state index contributed by atoms with van der Waals surface area (Å²) in [4.78, 5) is 13.7. The van der Waals surface area contributed by atoms with Gasteiger partial charge in [0.2, 0.25) is 11.8 Å². The van der Waals surface area contributed by atoms with E-state index in [1.54, 1.807) is 11.9 Å². The average molecular weight is 529 g/mol. The van der Waals surface area contributed by atoms with Gasteiger partial charge in [0.15, 0.2) is 0 Å². The maximum atomic E-state index is 6.57. The van der Waals surface area contributed by atoms with E-state index in [0.29, 0.717) is 41.9 Å². The SMILES string of the molecule is Cc1cccc(C)c1-c1cc2nc(n1)NSc1cccc(c1)CN(C1CC3(CCC3)C1)C(CC(C)C)CO2. The molecule has 2 saturated carbocycles. The quantitative estimate of drug-likeness (QED) is 0.348. The first-order valence-corrected chi connectivity index (χ1v) is 15.1. The Balaban J connectivity index is 1.37. The molecule has 0 amide bonds. The predicted octanol–water partition coefficient (Wildman–Crippen LogP) is 7.82. The van der Waals surface area contributed by atoms with Crippen LogP contribution in [-0.4, -0.2) is 33.6 Å². The van der Waals surface area contributed by atoms with Crippen molar-refractivity contribution in [2.45, 2.75) is 89.7 Å². The van der Waals surface area contributed by atoms with Crippen LogP contribution in [0.4, 0.5) is 5.95 Å². The van der Waals surface area contributed by atoms with Crippen LogP contribution in [0.3, 0.4) is 0 Å². The monoisotopic (exact) mass is 528 g/mol. The number of nitrogens with zero attached hydrogens (tertiary/aromatic N) is 3. The third kappa shape index (κ3) is 5.30. The number of hydrogen-bond donors (Lipinski definition) is 1. The molecular weight excluding hydrogens is 488 g/mol. The van der Waals surface area contributed by atoms with Crippen LogP contribution in [-0.2, 0) is 6.54 Å². The van der Waals surface area contributed by atoms with Crippen molar-refractivity contribution in [2.24, 2.45) is 11.3 Å². The molecule has 5 nitrogen and oxygen atoms in total. The third-order valence-electron chi connectivity index (χ3n) is 8.82. The first-order chi connectivity index (χ1) is 18.4. The minimum absolute atomic E-state index is 0.338. The summed E-state index contributed by atoms with van der Waals surface area (Å²) in [7, 11) is 0. The molecule has 1 N–H and O–H groups in total. The number of anilines is 1. The van der Waals surface area contributed by atoms with E-state index in [1.165, 1.54) is 53.7 Å². The lowest BCUT2D eigenvalue weighted by molar-refractivity contribution is -0.0804. The largest absolute Gasteiger partial charge is 0.476 e. The fraction of sp³-hybridized carbons (Fsp3) is 0.500. The molecule has 0 radical (unpaired) electrons. The first kappa shape index (κ1) is 25.7. The zero-order chi connectivity index (χ0) is 26.3. The van der Waals surface area contributed by atoms with Gasteiger partial charge < -0.3 is 4.74 Å². The summed E-state index contributed by atoms with van der Waals surface area (Å²) < 4.78 is 9.98. The van der Waals surface area contributed by atoms with E-state index in [-0.39, 0.29) is 0 Å². The van der Waals surface area contributed by atoms with E-state index in [1.807, 2.05) is 6.07 Å². The zero-order valence-corrected chi connectivity index (χ0v) is 24.0. The number of rotatable bonds is 4. The van der Waals surface area contributed by atoms with Crippen molar-refractivity contribution in [3.63, 3.8) is 0 Å². The van der Waals surface area contributed by atoms with Crippen molar-refractivity contribution >= 4 is 17.9 Å². The molecule has 0 saturated heterocycles. The molecule has 1 aromatic heterocycles. The number of aryl methyl sites for hydroxylation is 2. The number of hydrogen-bond acceptors (Lipinski definition) is 6. The van der Waals surface area contributed by atoms with Gasteiger partial charge in [-0.2, -0.15) is 4.98 Å². The molecule has 200 valence electrons. The highest BCUT2D eigenvalue weighted by Crippen LogP contribution is 2.57. The molecule has 1 unspecified atom stereocenters. The fourth-order valence-electron chi connectivity index (χ4n) is 6.75. The Morgan fingerprint density at radius 1 is 1.05 bits per heavy atom. The Morgan fingerprint density at radius 3 is 2.53 bits per heavy atom. The van der Waals surface area contributed by atoms with Crippen LogP contribution in [0.1, 0.15) is 69.1 Å². The number of nitrogens with one attached hydrogen (secondary N) is 1. The summed E-state index contributed by atoms with van der Waals surface area (Å²) in [5, 5.41) is 0. The second-order valence-electron chi connectivity index (χ2n) is 12.2. The van der Waals surface area contributed by atoms with Gasteiger partial charge in [-0.1, -0.05) is 50.6 Å². The van der Waals surface area contributed by atoms with Crippen molar-refractivity contribution in [1.82, 2.24) is 14.9 Å². The van der Waals surface area contributed by atoms with Crippen molar-refractivity contribution in [3.05, 3.63) is 65.2 Å². The van der Waals surface area contributed by atoms with Gasteiger partial charge in [-0.05, 0) is 98.1 Å². The van der Waals surface area contributed by atoms with Gasteiger partial charge in [-0.25, -0.2) is 4.98 Å². The highest BCUT2D eigenvalue weighted by molar-refractivity contribution is 8.00. The number of fused-ring (bicyclic) bond motifs is 4. The molecule has 3 aromatic rings. The van der Waals surface area contributed by atoms with Crippen molar-refractivity contribution in [2.75, 3.05) is 11.3 Å². The fourth-order valence-corrected chi connectivity index (χ4v) is 7.41. The van der Waals surface area contributed by atoms with Gasteiger partial charge >= 0.3 is 0 Å². The molecule has 3 aliphatic rings. The predicted molar refractivity (Wildman–Crippen MR) is 156 cm³/mol. The van der Waals surface area contributed by atoms with E-state index >= 15 is 0 Å². The molecule has 1 atom stereocenters. The summed E-state index contributed by atoms with van der Waals surface area (Å²) in [6.07, 6.45) is 8.04. The second kappa shape index (κ2) is 10.5. The van der Waals surface area contributed by atoms with Crippen LogP contribution in [0.15, 0.2) is 53.4 Å². The van der Waals surface area contributed by atoms with Crippen LogP contribution in [0.2, 0.25) is 0 Å². The van der Waals surface area contributed by atoms with Gasteiger partial charge in [0.05, 0.1) is 5.69 Å². The number of aromatic nitrogens is 2. The molecule has 1 aliphatic heterocycles. The molecule has 6 heteroatoms. The Morgan fingerprint density at radius 2 is 1.82 bits per heavy atom. The summed E-state index contributed by atoms with van der Waals surface area (Å²) in [6.45, 7) is 10.5. The molecule has 1 spiro atoms. The Bertz CT molecular complexity index is 1280. The van der Waals surface area contributed by atoms with E-state index in [9.17, 15) is 0 Å². The van der Waals surface area contributed by atoms with Crippen molar-refractivity contribution < 1.29 is 4.74 Å². The molecule has 2 aliphatic carbocycles. The Hall–Kier alpha value is -2.57. The van der Waals surface area contributed by atoms with Crippen molar-refractivity contribution in [1.29, 1.82) is 0 Å². The van der Waals surface area contributed by atoms with Crippen LogP contribution < -0.4 is 9.46 Å². The summed E-state index contributed by atoms with van der Waals surface area (Å²) >= 11 is 1.57. The van der Waals surface area contributed by atoms with Gasteiger partial charge in [0.1, 0.15) is 6.61 Å². The summed E-state index contributed by atoms with van der Waals surface area (Å²) in [5.74, 6) is 1.82. The minimum Gasteiger partial charge on any atom is -0.476 e. The molecule has 6 rings (SSSR count). The summed E-state index contributed by atoms with van der Waals surface area (Å²) in [5.41, 5.74) is 6.47. The topological polar surface area (TPSA) is 50.3 Å². The molecule has 4 bridgehead atoms. The standard InChI is InChI=1S/C32H40N4OS/c1-21(2)14-25-20-37-29-16-28(30-22(3)8-5-9-23(30)4)33-31(34-29)35-38-27-11-6-10-24(15-27)19-36(25)26-17-32(18-26)12-7-13-32/h5-6,8-11,15-16,21,25-26H,7,12-14,17-20H2,1-4H3,(H,33,34,35). The first-order valence-electron chi connectivity index (χ1n) is 14.2.